The maximum absolute atomic E-state index is 14.0. The summed E-state index contributed by atoms with van der Waals surface area (Å²) in [7, 11) is 0. The van der Waals surface area contributed by atoms with Crippen LogP contribution in [0.1, 0.15) is 16.1 Å². The molecular formula is C16H11F2IN4O4. The van der Waals surface area contributed by atoms with Gasteiger partial charge in [0.25, 0.3) is 5.91 Å². The molecule has 0 aliphatic rings. The van der Waals surface area contributed by atoms with Gasteiger partial charge in [-0.2, -0.15) is 5.26 Å². The van der Waals surface area contributed by atoms with Crippen LogP contribution in [0.3, 0.4) is 0 Å². The van der Waals surface area contributed by atoms with Crippen molar-refractivity contribution in [3.05, 3.63) is 50.7 Å². The van der Waals surface area contributed by atoms with Crippen molar-refractivity contribution in [2.75, 3.05) is 18.5 Å². The van der Waals surface area contributed by atoms with Crippen LogP contribution in [0.5, 0.6) is 0 Å². The first-order chi connectivity index (χ1) is 12.8. The molecule has 0 unspecified atom stereocenters. The summed E-state index contributed by atoms with van der Waals surface area (Å²) >= 11 is 1.91. The minimum Gasteiger partial charge on any atom is -0.363 e. The molecule has 0 aliphatic heterocycles. The van der Waals surface area contributed by atoms with Crippen LogP contribution in [-0.2, 0) is 9.53 Å². The van der Waals surface area contributed by atoms with Gasteiger partial charge in [0.05, 0.1) is 11.3 Å². The number of carbonyl (C=O) groups excluding carboxylic acids is 2. The number of carbonyl (C=O) groups is 2. The average Bonchev–Trinajstić information content (AvgIpc) is 2.64. The van der Waals surface area contributed by atoms with Crippen LogP contribution >= 0.6 is 22.6 Å². The lowest BCUT2D eigenvalue weighted by molar-refractivity contribution is -0.133. The molecule has 1 amide bonds. The Morgan fingerprint density at radius 1 is 1.26 bits per heavy atom. The van der Waals surface area contributed by atoms with E-state index in [1.165, 1.54) is 23.7 Å². The number of amides is 1. The molecule has 140 valence electrons. The molecule has 0 spiro atoms. The largest absolute Gasteiger partial charge is 0.363 e. The highest BCUT2D eigenvalue weighted by Gasteiger charge is 2.19. The fraction of sp³-hybridized carbons (Fsp3) is 0.125. The predicted molar refractivity (Wildman–Crippen MR) is 96.4 cm³/mol. The number of rotatable bonds is 7. The van der Waals surface area contributed by atoms with Gasteiger partial charge in [-0.15, -0.1) is 0 Å². The smallest absolute Gasteiger partial charge is 0.269 e. The summed E-state index contributed by atoms with van der Waals surface area (Å²) in [6.07, 6.45) is 0. The van der Waals surface area contributed by atoms with Crippen molar-refractivity contribution >= 4 is 45.8 Å². The Balaban J connectivity index is 2.32. The van der Waals surface area contributed by atoms with Crippen molar-refractivity contribution in [1.82, 2.24) is 10.5 Å². The number of halogens is 3. The molecule has 2 aromatic rings. The minimum atomic E-state index is -1.04. The van der Waals surface area contributed by atoms with Crippen LogP contribution in [-0.4, -0.2) is 35.1 Å². The third-order valence-corrected chi connectivity index (χ3v) is 3.83. The van der Waals surface area contributed by atoms with Crippen molar-refractivity contribution in [1.29, 1.82) is 5.26 Å². The maximum atomic E-state index is 14.0. The molecular weight excluding hydrogens is 477 g/mol. The van der Waals surface area contributed by atoms with E-state index in [0.29, 0.717) is 3.57 Å². The molecule has 0 saturated heterocycles. The number of ether oxygens (including phenoxy) is 1. The Morgan fingerprint density at radius 2 is 2.00 bits per heavy atom. The van der Waals surface area contributed by atoms with Gasteiger partial charge in [-0.05, 0) is 46.9 Å². The van der Waals surface area contributed by atoms with Gasteiger partial charge < -0.3 is 10.1 Å². The molecule has 0 saturated carbocycles. The fourth-order valence-corrected chi connectivity index (χ4v) is 2.39. The molecule has 11 heteroatoms. The number of ketones is 1. The van der Waals surface area contributed by atoms with E-state index in [-0.39, 0.29) is 17.1 Å². The minimum absolute atomic E-state index is 0.0342. The second-order valence-electron chi connectivity index (χ2n) is 5.03. The molecule has 1 aromatic carbocycles. The molecule has 0 aliphatic carbocycles. The Morgan fingerprint density at radius 3 is 2.63 bits per heavy atom. The lowest BCUT2D eigenvalue weighted by Crippen LogP contribution is -2.25. The number of nitrogens with one attached hydrogen (secondary N) is 2. The Kier molecular flexibility index (Phi) is 7.11. The lowest BCUT2D eigenvalue weighted by Gasteiger charge is -2.12. The third kappa shape index (κ3) is 5.39. The van der Waals surface area contributed by atoms with Gasteiger partial charge >= 0.3 is 0 Å². The van der Waals surface area contributed by atoms with Crippen LogP contribution < -0.4 is 10.8 Å². The van der Waals surface area contributed by atoms with Gasteiger partial charge in [-0.1, -0.05) is 0 Å². The number of Topliss-reactive ketones (excluding diaryl/α,β-unsaturated/α-hetero) is 1. The molecule has 0 fully saturated rings. The van der Waals surface area contributed by atoms with Gasteiger partial charge in [0.1, 0.15) is 30.9 Å². The second-order valence-corrected chi connectivity index (χ2v) is 6.27. The molecule has 1 heterocycles. The van der Waals surface area contributed by atoms with E-state index in [2.05, 4.69) is 10.3 Å². The summed E-state index contributed by atoms with van der Waals surface area (Å²) in [6, 6.07) is 6.53. The Labute approximate surface area is 165 Å². The van der Waals surface area contributed by atoms with Crippen LogP contribution in [0, 0.1) is 26.5 Å². The van der Waals surface area contributed by atoms with Crippen LogP contribution in [0.2, 0.25) is 0 Å². The molecule has 0 atom stereocenters. The summed E-state index contributed by atoms with van der Waals surface area (Å²) in [5.74, 6) is -3.58. The molecule has 2 rings (SSSR count). The summed E-state index contributed by atoms with van der Waals surface area (Å²) in [5, 5.41) is 19.8. The van der Waals surface area contributed by atoms with Gasteiger partial charge in [0.15, 0.2) is 17.3 Å². The quantitative estimate of drug-likeness (QED) is 0.237. The highest BCUT2D eigenvalue weighted by Crippen LogP contribution is 2.25. The number of nitrogens with zero attached hydrogens (tertiary/aromatic N) is 2. The number of hydrogen-bond donors (Lipinski definition) is 3. The van der Waals surface area contributed by atoms with Crippen LogP contribution in [0.4, 0.5) is 20.3 Å². The molecule has 3 N–H and O–H groups in total. The number of aromatic nitrogens is 1. The van der Waals surface area contributed by atoms with E-state index >= 15 is 0 Å². The van der Waals surface area contributed by atoms with E-state index in [0.717, 1.165) is 6.07 Å². The van der Waals surface area contributed by atoms with E-state index in [1.807, 2.05) is 22.6 Å². The van der Waals surface area contributed by atoms with Crippen LogP contribution in [0.25, 0.3) is 0 Å². The average molecular weight is 488 g/mol. The normalized spacial score (nSPS) is 10.2. The van der Waals surface area contributed by atoms with Gasteiger partial charge in [0.2, 0.25) is 0 Å². The first-order valence-electron chi connectivity index (χ1n) is 7.22. The van der Waals surface area contributed by atoms with Crippen molar-refractivity contribution in [2.45, 2.75) is 0 Å². The van der Waals surface area contributed by atoms with Crippen molar-refractivity contribution in [2.24, 2.45) is 0 Å². The van der Waals surface area contributed by atoms with Crippen molar-refractivity contribution < 1.29 is 28.3 Å². The predicted octanol–water partition coefficient (Wildman–Crippen LogP) is 2.28. The summed E-state index contributed by atoms with van der Waals surface area (Å²) in [4.78, 5) is 26.9. The van der Waals surface area contributed by atoms with Crippen molar-refractivity contribution in [3.8, 4) is 6.07 Å². The zero-order chi connectivity index (χ0) is 20.0. The van der Waals surface area contributed by atoms with Gasteiger partial charge in [0, 0.05) is 3.57 Å². The Bertz CT molecular complexity index is 933. The zero-order valence-corrected chi connectivity index (χ0v) is 15.6. The molecule has 0 radical (unpaired) electrons. The molecule has 1 aromatic heterocycles. The SMILES string of the molecule is N#Cc1nc(Nc2ccc(I)cc2F)c(C(=O)COCC(=O)NO)cc1F. The van der Waals surface area contributed by atoms with Gasteiger partial charge in [-0.3, -0.25) is 14.8 Å². The number of pyridine rings is 1. The molecule has 0 bridgehead atoms. The van der Waals surface area contributed by atoms with E-state index in [1.54, 1.807) is 6.07 Å². The third-order valence-electron chi connectivity index (χ3n) is 3.16. The monoisotopic (exact) mass is 488 g/mol. The van der Waals surface area contributed by atoms with E-state index in [9.17, 15) is 18.4 Å². The Hall–Kier alpha value is -2.69. The first-order valence-corrected chi connectivity index (χ1v) is 8.30. The number of hydrogen-bond acceptors (Lipinski definition) is 7. The summed E-state index contributed by atoms with van der Waals surface area (Å²) in [6.45, 7) is -1.24. The second kappa shape index (κ2) is 9.31. The standard InChI is InChI=1S/C16H11F2IN4O4/c17-10-3-8(19)1-2-12(10)21-16-9(4-11(18)13(5-20)22-16)14(24)6-27-7-15(25)23-26/h1-4,26H,6-7H2,(H,21,22)(H,23,25). The number of hydroxylamine groups is 1. The lowest BCUT2D eigenvalue weighted by atomic mass is 10.1. The molecule has 27 heavy (non-hydrogen) atoms. The fourth-order valence-electron chi connectivity index (χ4n) is 1.94. The van der Waals surface area contributed by atoms with Gasteiger partial charge in [-0.25, -0.2) is 19.2 Å². The highest BCUT2D eigenvalue weighted by molar-refractivity contribution is 14.1. The van der Waals surface area contributed by atoms with E-state index < -0.39 is 42.2 Å². The highest BCUT2D eigenvalue weighted by atomic mass is 127. The van der Waals surface area contributed by atoms with Crippen LogP contribution in [0.15, 0.2) is 24.3 Å². The number of anilines is 2. The molecule has 8 nitrogen and oxygen atoms in total. The topological polar surface area (TPSA) is 124 Å². The van der Waals surface area contributed by atoms with Crippen molar-refractivity contribution in [3.63, 3.8) is 0 Å². The number of benzene rings is 1. The number of nitriles is 1. The summed E-state index contributed by atoms with van der Waals surface area (Å²) in [5.41, 5.74) is 0.405. The maximum Gasteiger partial charge on any atom is 0.269 e. The zero-order valence-electron chi connectivity index (χ0n) is 13.4. The first kappa shape index (κ1) is 20.6. The van der Waals surface area contributed by atoms with E-state index in [4.69, 9.17) is 15.2 Å². The summed E-state index contributed by atoms with van der Waals surface area (Å²) < 4.78 is 33.4.